The van der Waals surface area contributed by atoms with E-state index in [9.17, 15) is 4.79 Å². The second-order valence-electron chi connectivity index (χ2n) is 5.40. The Morgan fingerprint density at radius 2 is 1.85 bits per heavy atom. The Hall–Kier alpha value is -2.42. The first kappa shape index (κ1) is 19.3. The molecule has 10 heteroatoms. The maximum atomic E-state index is 12.1. The highest BCUT2D eigenvalue weighted by Gasteiger charge is 2.14. The molecule has 0 fully saturated rings. The van der Waals surface area contributed by atoms with Crippen molar-refractivity contribution >= 4 is 46.6 Å². The van der Waals surface area contributed by atoms with Crippen LogP contribution in [0.15, 0.2) is 47.6 Å². The van der Waals surface area contributed by atoms with Crippen LogP contribution in [0.25, 0.3) is 11.4 Å². The van der Waals surface area contributed by atoms with Crippen molar-refractivity contribution in [2.24, 2.45) is 0 Å². The summed E-state index contributed by atoms with van der Waals surface area (Å²) in [6.07, 6.45) is 0. The second kappa shape index (κ2) is 8.51. The van der Waals surface area contributed by atoms with Crippen molar-refractivity contribution in [1.82, 2.24) is 14.9 Å². The molecular formula is C17H15Cl2N5O2S. The SMILES string of the molecule is COc1ccc(-c2nnc(SCC(=O)Nc3cc(Cl)cc(Cl)c3)n2N)cc1. The topological polar surface area (TPSA) is 95.1 Å². The van der Waals surface area contributed by atoms with E-state index >= 15 is 0 Å². The number of nitrogen functional groups attached to an aromatic ring is 1. The number of nitrogens with one attached hydrogen (secondary N) is 1. The molecule has 27 heavy (non-hydrogen) atoms. The van der Waals surface area contributed by atoms with Crippen LogP contribution in [0.3, 0.4) is 0 Å². The molecule has 0 unspecified atom stereocenters. The van der Waals surface area contributed by atoms with Gasteiger partial charge in [-0.05, 0) is 42.5 Å². The van der Waals surface area contributed by atoms with E-state index in [1.165, 1.54) is 16.4 Å². The number of thioether (sulfide) groups is 1. The van der Waals surface area contributed by atoms with Crippen LogP contribution in [-0.4, -0.2) is 33.6 Å². The lowest BCUT2D eigenvalue weighted by Crippen LogP contribution is -2.16. The minimum absolute atomic E-state index is 0.0993. The van der Waals surface area contributed by atoms with Crippen molar-refractivity contribution in [3.05, 3.63) is 52.5 Å². The summed E-state index contributed by atoms with van der Waals surface area (Å²) in [6, 6.07) is 12.1. The molecule has 2 aromatic carbocycles. The number of anilines is 1. The van der Waals surface area contributed by atoms with Crippen molar-refractivity contribution in [2.45, 2.75) is 5.16 Å². The first-order valence-corrected chi connectivity index (χ1v) is 9.44. The Balaban J connectivity index is 1.64. The molecular weight excluding hydrogens is 409 g/mol. The fraction of sp³-hybridized carbons (Fsp3) is 0.118. The molecule has 0 aliphatic heterocycles. The average molecular weight is 424 g/mol. The van der Waals surface area contributed by atoms with Gasteiger partial charge < -0.3 is 15.9 Å². The third-order valence-electron chi connectivity index (χ3n) is 3.49. The van der Waals surface area contributed by atoms with Gasteiger partial charge in [-0.2, -0.15) is 0 Å². The average Bonchev–Trinajstić information content (AvgIpc) is 3.00. The smallest absolute Gasteiger partial charge is 0.234 e. The van der Waals surface area contributed by atoms with Gasteiger partial charge in [0.15, 0.2) is 5.82 Å². The van der Waals surface area contributed by atoms with Gasteiger partial charge >= 0.3 is 0 Å². The van der Waals surface area contributed by atoms with Gasteiger partial charge in [-0.25, -0.2) is 4.68 Å². The zero-order valence-electron chi connectivity index (χ0n) is 14.1. The van der Waals surface area contributed by atoms with Gasteiger partial charge in [0.2, 0.25) is 11.1 Å². The number of benzene rings is 2. The number of hydrogen-bond donors (Lipinski definition) is 2. The van der Waals surface area contributed by atoms with Crippen LogP contribution < -0.4 is 15.9 Å². The van der Waals surface area contributed by atoms with Gasteiger partial charge in [0.1, 0.15) is 5.75 Å². The van der Waals surface area contributed by atoms with E-state index in [-0.39, 0.29) is 11.7 Å². The summed E-state index contributed by atoms with van der Waals surface area (Å²) < 4.78 is 6.47. The summed E-state index contributed by atoms with van der Waals surface area (Å²) in [7, 11) is 1.59. The first-order chi connectivity index (χ1) is 13.0. The molecule has 7 nitrogen and oxygen atoms in total. The lowest BCUT2D eigenvalue weighted by molar-refractivity contribution is -0.113. The predicted octanol–water partition coefficient (Wildman–Crippen LogP) is 3.71. The third kappa shape index (κ3) is 4.85. The van der Waals surface area contributed by atoms with Crippen LogP contribution in [-0.2, 0) is 4.79 Å². The molecule has 0 spiro atoms. The van der Waals surface area contributed by atoms with Crippen LogP contribution in [0.1, 0.15) is 0 Å². The Kier molecular flexibility index (Phi) is 6.10. The highest BCUT2D eigenvalue weighted by Crippen LogP contribution is 2.25. The Labute approximate surface area is 169 Å². The van der Waals surface area contributed by atoms with Gasteiger partial charge in [-0.15, -0.1) is 10.2 Å². The number of nitrogens with zero attached hydrogens (tertiary/aromatic N) is 3. The number of nitrogens with two attached hydrogens (primary N) is 1. The number of halogens is 2. The highest BCUT2D eigenvalue weighted by molar-refractivity contribution is 7.99. The van der Waals surface area contributed by atoms with Crippen LogP contribution in [0.5, 0.6) is 5.75 Å². The molecule has 0 radical (unpaired) electrons. The van der Waals surface area contributed by atoms with Crippen molar-refractivity contribution in [2.75, 3.05) is 24.0 Å². The molecule has 0 aliphatic rings. The molecule has 1 heterocycles. The normalized spacial score (nSPS) is 10.6. The number of methoxy groups -OCH3 is 1. The van der Waals surface area contributed by atoms with Gasteiger partial charge in [0.25, 0.3) is 0 Å². The summed E-state index contributed by atoms with van der Waals surface area (Å²) >= 11 is 13.0. The number of aromatic nitrogens is 3. The van der Waals surface area contributed by atoms with Crippen molar-refractivity contribution < 1.29 is 9.53 Å². The molecule has 3 N–H and O–H groups in total. The monoisotopic (exact) mass is 423 g/mol. The van der Waals surface area contributed by atoms with E-state index in [0.717, 1.165) is 11.3 Å². The summed E-state index contributed by atoms with van der Waals surface area (Å²) in [5.74, 6) is 7.13. The van der Waals surface area contributed by atoms with E-state index in [2.05, 4.69) is 15.5 Å². The van der Waals surface area contributed by atoms with Crippen molar-refractivity contribution in [3.8, 4) is 17.1 Å². The predicted molar refractivity (Wildman–Crippen MR) is 108 cm³/mol. The van der Waals surface area contributed by atoms with E-state index in [4.69, 9.17) is 33.8 Å². The molecule has 140 valence electrons. The quantitative estimate of drug-likeness (QED) is 0.463. The number of carbonyl (C=O) groups excluding carboxylic acids is 1. The minimum Gasteiger partial charge on any atom is -0.497 e. The summed E-state index contributed by atoms with van der Waals surface area (Å²) in [5.41, 5.74) is 1.31. The van der Waals surface area contributed by atoms with E-state index in [1.54, 1.807) is 37.4 Å². The summed E-state index contributed by atoms with van der Waals surface area (Å²) in [6.45, 7) is 0. The highest BCUT2D eigenvalue weighted by atomic mass is 35.5. The lowest BCUT2D eigenvalue weighted by Gasteiger charge is -2.07. The standard InChI is InChI=1S/C17H15Cl2N5O2S/c1-26-14-4-2-10(3-5-14)16-22-23-17(24(16)20)27-9-15(25)21-13-7-11(18)6-12(19)8-13/h2-8H,9,20H2,1H3,(H,21,25). The summed E-state index contributed by atoms with van der Waals surface area (Å²) in [4.78, 5) is 12.1. The third-order valence-corrected chi connectivity index (χ3v) is 4.87. The van der Waals surface area contributed by atoms with E-state index < -0.39 is 0 Å². The molecule has 0 atom stereocenters. The van der Waals surface area contributed by atoms with Gasteiger partial charge in [-0.3, -0.25) is 4.79 Å². The van der Waals surface area contributed by atoms with Gasteiger partial charge in [0, 0.05) is 21.3 Å². The van der Waals surface area contributed by atoms with Gasteiger partial charge in [0.05, 0.1) is 12.9 Å². The largest absolute Gasteiger partial charge is 0.497 e. The van der Waals surface area contributed by atoms with Crippen LogP contribution in [0.4, 0.5) is 5.69 Å². The number of rotatable bonds is 6. The molecule has 0 saturated carbocycles. The van der Waals surface area contributed by atoms with Crippen LogP contribution in [0, 0.1) is 0 Å². The molecule has 3 rings (SSSR count). The number of amides is 1. The maximum absolute atomic E-state index is 12.1. The Morgan fingerprint density at radius 3 is 2.48 bits per heavy atom. The van der Waals surface area contributed by atoms with Crippen LogP contribution >= 0.6 is 35.0 Å². The van der Waals surface area contributed by atoms with E-state index in [0.29, 0.717) is 26.7 Å². The van der Waals surface area contributed by atoms with Crippen molar-refractivity contribution in [1.29, 1.82) is 0 Å². The zero-order chi connectivity index (χ0) is 19.4. The molecule has 3 aromatic rings. The first-order valence-electron chi connectivity index (χ1n) is 7.70. The molecule has 1 amide bonds. The zero-order valence-corrected chi connectivity index (χ0v) is 16.5. The lowest BCUT2D eigenvalue weighted by atomic mass is 10.2. The summed E-state index contributed by atoms with van der Waals surface area (Å²) in [5, 5.41) is 12.1. The fourth-order valence-corrected chi connectivity index (χ4v) is 3.45. The second-order valence-corrected chi connectivity index (χ2v) is 7.22. The van der Waals surface area contributed by atoms with Crippen LogP contribution in [0.2, 0.25) is 10.0 Å². The van der Waals surface area contributed by atoms with Crippen molar-refractivity contribution in [3.63, 3.8) is 0 Å². The van der Waals surface area contributed by atoms with E-state index in [1.807, 2.05) is 12.1 Å². The maximum Gasteiger partial charge on any atom is 0.234 e. The molecule has 0 bridgehead atoms. The minimum atomic E-state index is -0.243. The number of carbonyl (C=O) groups is 1. The Morgan fingerprint density at radius 1 is 1.19 bits per heavy atom. The number of hydrogen-bond acceptors (Lipinski definition) is 6. The molecule has 0 aliphatic carbocycles. The number of ether oxygens (including phenoxy) is 1. The Bertz CT molecular complexity index is 942. The fourth-order valence-electron chi connectivity index (χ4n) is 2.27. The molecule has 0 saturated heterocycles. The van der Waals surface area contributed by atoms with Gasteiger partial charge in [-0.1, -0.05) is 35.0 Å². The molecule has 1 aromatic heterocycles.